The molecule has 9 heteroatoms. The smallest absolute Gasteiger partial charge is 0.393 e. The highest BCUT2D eigenvalue weighted by atomic mass is 19.4. The maximum Gasteiger partial charge on any atom is 0.401 e. The van der Waals surface area contributed by atoms with E-state index in [1.54, 1.807) is 6.92 Å². The number of nitrogens with zero attached hydrogens (tertiary/aromatic N) is 4. The third-order valence-electron chi connectivity index (χ3n) is 5.74. The van der Waals surface area contributed by atoms with Gasteiger partial charge in [-0.3, -0.25) is 9.89 Å². The van der Waals surface area contributed by atoms with Gasteiger partial charge in [0.25, 0.3) is 0 Å². The Bertz CT molecular complexity index is 495. The van der Waals surface area contributed by atoms with E-state index in [2.05, 4.69) is 15.1 Å². The van der Waals surface area contributed by atoms with Crippen LogP contribution in [0.5, 0.6) is 0 Å². The van der Waals surface area contributed by atoms with Crippen molar-refractivity contribution in [1.82, 2.24) is 20.0 Å². The van der Waals surface area contributed by atoms with Crippen molar-refractivity contribution in [3.05, 3.63) is 0 Å². The number of aliphatic imine (C=N–C) groups is 1. The maximum atomic E-state index is 12.7. The maximum absolute atomic E-state index is 12.7. The molecule has 2 rings (SSSR count). The summed E-state index contributed by atoms with van der Waals surface area (Å²) in [4.78, 5) is 10.8. The van der Waals surface area contributed by atoms with Gasteiger partial charge in [-0.05, 0) is 51.6 Å². The summed E-state index contributed by atoms with van der Waals surface area (Å²) in [7, 11) is 0. The number of aliphatic hydroxyl groups is 1. The second-order valence-corrected chi connectivity index (χ2v) is 8.21. The minimum Gasteiger partial charge on any atom is -0.393 e. The molecule has 2 saturated heterocycles. The van der Waals surface area contributed by atoms with E-state index in [0.29, 0.717) is 13.1 Å². The highest BCUT2D eigenvalue weighted by Crippen LogP contribution is 2.21. The van der Waals surface area contributed by atoms with Crippen molar-refractivity contribution in [2.45, 2.75) is 51.8 Å². The molecule has 2 aliphatic rings. The summed E-state index contributed by atoms with van der Waals surface area (Å²) < 4.78 is 38.1. The highest BCUT2D eigenvalue weighted by Gasteiger charge is 2.33. The lowest BCUT2D eigenvalue weighted by Gasteiger charge is -2.29. The van der Waals surface area contributed by atoms with E-state index in [9.17, 15) is 18.3 Å². The first-order valence-corrected chi connectivity index (χ1v) is 11.0. The third kappa shape index (κ3) is 9.09. The fraction of sp³-hybridized carbons (Fsp3) is 0.950. The first-order chi connectivity index (χ1) is 13.8. The van der Waals surface area contributed by atoms with Crippen molar-refractivity contribution in [3.63, 3.8) is 0 Å². The van der Waals surface area contributed by atoms with Crippen LogP contribution in [0.2, 0.25) is 0 Å². The van der Waals surface area contributed by atoms with Crippen LogP contribution in [0, 0.1) is 5.92 Å². The third-order valence-corrected chi connectivity index (χ3v) is 5.74. The molecule has 0 amide bonds. The van der Waals surface area contributed by atoms with Gasteiger partial charge in [-0.15, -0.1) is 0 Å². The summed E-state index contributed by atoms with van der Waals surface area (Å²) in [6, 6.07) is 0. The Balaban J connectivity index is 1.77. The number of halogens is 3. The number of nitrogens with one attached hydrogen (secondary N) is 1. The Morgan fingerprint density at radius 2 is 1.90 bits per heavy atom. The van der Waals surface area contributed by atoms with Crippen LogP contribution in [0.3, 0.4) is 0 Å². The monoisotopic (exact) mass is 421 g/mol. The Kier molecular flexibility index (Phi) is 9.98. The number of hydrogen-bond donors (Lipinski definition) is 2. The minimum atomic E-state index is -4.14. The van der Waals surface area contributed by atoms with Gasteiger partial charge in [-0.25, -0.2) is 0 Å². The molecule has 6 nitrogen and oxygen atoms in total. The van der Waals surface area contributed by atoms with Crippen LogP contribution in [-0.4, -0.2) is 103 Å². The van der Waals surface area contributed by atoms with Gasteiger partial charge in [-0.2, -0.15) is 13.2 Å². The number of piperidine rings is 1. The van der Waals surface area contributed by atoms with Crippen molar-refractivity contribution in [2.75, 3.05) is 65.4 Å². The van der Waals surface area contributed by atoms with E-state index in [1.807, 2.05) is 6.92 Å². The molecule has 0 aromatic rings. The predicted octanol–water partition coefficient (Wildman–Crippen LogP) is 2.00. The Morgan fingerprint density at radius 1 is 1.17 bits per heavy atom. The second kappa shape index (κ2) is 12.0. The molecule has 2 N–H and O–H groups in total. The zero-order valence-electron chi connectivity index (χ0n) is 17.9. The van der Waals surface area contributed by atoms with E-state index < -0.39 is 12.7 Å². The van der Waals surface area contributed by atoms with Crippen molar-refractivity contribution in [3.8, 4) is 0 Å². The lowest BCUT2D eigenvalue weighted by molar-refractivity contribution is -0.146. The van der Waals surface area contributed by atoms with E-state index in [0.717, 1.165) is 77.5 Å². The molecule has 170 valence electrons. The van der Waals surface area contributed by atoms with Gasteiger partial charge in [0.2, 0.25) is 0 Å². The van der Waals surface area contributed by atoms with Crippen molar-refractivity contribution < 1.29 is 18.3 Å². The molecule has 2 aliphatic heterocycles. The number of rotatable bonds is 9. The number of guanidine groups is 1. The molecule has 2 fully saturated rings. The molecule has 1 atom stereocenters. The van der Waals surface area contributed by atoms with Crippen molar-refractivity contribution in [1.29, 1.82) is 0 Å². The SMILES string of the molecule is CCNC(=NCCCN1CCC(O)CC1)N1CCC(CN(CC)CC(F)(F)F)C1. The van der Waals surface area contributed by atoms with Crippen LogP contribution in [0.1, 0.15) is 39.5 Å². The predicted molar refractivity (Wildman–Crippen MR) is 110 cm³/mol. The van der Waals surface area contributed by atoms with Gasteiger partial charge >= 0.3 is 6.18 Å². The van der Waals surface area contributed by atoms with Crippen LogP contribution in [0.25, 0.3) is 0 Å². The lowest BCUT2D eigenvalue weighted by Crippen LogP contribution is -2.42. The summed E-state index contributed by atoms with van der Waals surface area (Å²) in [5.74, 6) is 1.11. The van der Waals surface area contributed by atoms with Crippen molar-refractivity contribution >= 4 is 5.96 Å². The molecule has 0 spiro atoms. The van der Waals surface area contributed by atoms with Crippen LogP contribution >= 0.6 is 0 Å². The molecule has 0 aromatic carbocycles. The molecule has 29 heavy (non-hydrogen) atoms. The largest absolute Gasteiger partial charge is 0.401 e. The van der Waals surface area contributed by atoms with Gasteiger partial charge in [0.1, 0.15) is 0 Å². The summed E-state index contributed by atoms with van der Waals surface area (Å²) in [6.07, 6.45) is -0.717. The minimum absolute atomic E-state index is 0.146. The Hall–Kier alpha value is -1.06. The van der Waals surface area contributed by atoms with Crippen molar-refractivity contribution in [2.24, 2.45) is 10.9 Å². The zero-order valence-corrected chi connectivity index (χ0v) is 17.9. The van der Waals surface area contributed by atoms with E-state index >= 15 is 0 Å². The Labute approximate surface area is 173 Å². The summed E-state index contributed by atoms with van der Waals surface area (Å²) >= 11 is 0. The molecule has 2 heterocycles. The first-order valence-electron chi connectivity index (χ1n) is 11.0. The Morgan fingerprint density at radius 3 is 2.52 bits per heavy atom. The molecule has 0 bridgehead atoms. The van der Waals surface area contributed by atoms with Gasteiger partial charge in [0.15, 0.2) is 5.96 Å². The molecule has 0 aliphatic carbocycles. The summed E-state index contributed by atoms with van der Waals surface area (Å²) in [6.45, 7) is 9.87. The van der Waals surface area contributed by atoms with Crippen LogP contribution in [0.4, 0.5) is 13.2 Å². The molecule has 0 radical (unpaired) electrons. The molecule has 1 unspecified atom stereocenters. The molecular weight excluding hydrogens is 383 g/mol. The highest BCUT2D eigenvalue weighted by molar-refractivity contribution is 5.80. The first kappa shape index (κ1) is 24.2. The fourth-order valence-electron chi connectivity index (χ4n) is 4.15. The normalized spacial score (nSPS) is 22.7. The summed E-state index contributed by atoms with van der Waals surface area (Å²) in [5.41, 5.74) is 0. The van der Waals surface area contributed by atoms with E-state index in [-0.39, 0.29) is 12.0 Å². The lowest BCUT2D eigenvalue weighted by atomic mass is 10.1. The number of aliphatic hydroxyl groups excluding tert-OH is 1. The standard InChI is InChI=1S/C20H38F3N5O/c1-3-24-19(25-9-5-10-27-11-7-18(29)8-12-27)28-13-6-17(15-28)14-26(4-2)16-20(21,22)23/h17-18,29H,3-16H2,1-2H3,(H,24,25). The fourth-order valence-corrected chi connectivity index (χ4v) is 4.15. The summed E-state index contributed by atoms with van der Waals surface area (Å²) in [5, 5.41) is 12.9. The quantitative estimate of drug-likeness (QED) is 0.339. The van der Waals surface area contributed by atoms with Crippen LogP contribution in [-0.2, 0) is 0 Å². The number of alkyl halides is 3. The molecular formula is C20H38F3N5O. The second-order valence-electron chi connectivity index (χ2n) is 8.21. The van der Waals surface area contributed by atoms with Gasteiger partial charge in [0, 0.05) is 45.8 Å². The van der Waals surface area contributed by atoms with E-state index in [4.69, 9.17) is 4.99 Å². The number of hydrogen-bond acceptors (Lipinski definition) is 4. The topological polar surface area (TPSA) is 54.3 Å². The number of likely N-dealkylation sites (tertiary alicyclic amines) is 2. The average molecular weight is 422 g/mol. The van der Waals surface area contributed by atoms with Crippen LogP contribution in [0.15, 0.2) is 4.99 Å². The molecule has 0 saturated carbocycles. The van der Waals surface area contributed by atoms with Gasteiger partial charge in [0.05, 0.1) is 12.6 Å². The van der Waals surface area contributed by atoms with Gasteiger partial charge in [-0.1, -0.05) is 6.92 Å². The van der Waals surface area contributed by atoms with Gasteiger partial charge < -0.3 is 20.2 Å². The average Bonchev–Trinajstić information content (AvgIpc) is 3.12. The zero-order chi connectivity index (χ0) is 21.3. The molecule has 0 aromatic heterocycles. The van der Waals surface area contributed by atoms with Crippen LogP contribution < -0.4 is 5.32 Å². The van der Waals surface area contributed by atoms with E-state index in [1.165, 1.54) is 4.90 Å².